The second kappa shape index (κ2) is 7.29. The Labute approximate surface area is 145 Å². The smallest absolute Gasteiger partial charge is 0.266 e. The highest BCUT2D eigenvalue weighted by Crippen LogP contribution is 2.32. The minimum atomic E-state index is -0.0443. The lowest BCUT2D eigenvalue weighted by Gasteiger charge is -2.28. The first-order chi connectivity index (χ1) is 11.2. The van der Waals surface area contributed by atoms with E-state index in [1.807, 2.05) is 18.2 Å². The predicted molar refractivity (Wildman–Crippen MR) is 99.6 cm³/mol. The van der Waals surface area contributed by atoms with Crippen molar-refractivity contribution in [1.82, 2.24) is 4.90 Å². The third kappa shape index (κ3) is 3.65. The molecule has 0 aromatic heterocycles. The third-order valence-electron chi connectivity index (χ3n) is 3.75. The van der Waals surface area contributed by atoms with Gasteiger partial charge in [0.2, 0.25) is 0 Å². The molecule has 0 aliphatic carbocycles. The van der Waals surface area contributed by atoms with Gasteiger partial charge >= 0.3 is 0 Å². The molecule has 1 aromatic rings. The number of morpholine rings is 1. The zero-order valence-electron chi connectivity index (χ0n) is 12.7. The van der Waals surface area contributed by atoms with Crippen molar-refractivity contribution in [2.45, 2.75) is 0 Å². The third-order valence-corrected chi connectivity index (χ3v) is 5.13. The molecule has 4 nitrogen and oxygen atoms in total. The van der Waals surface area contributed by atoms with Gasteiger partial charge in [0, 0.05) is 25.3 Å². The Kier molecular flexibility index (Phi) is 5.15. The van der Waals surface area contributed by atoms with E-state index in [0.29, 0.717) is 15.8 Å². The first kappa shape index (κ1) is 16.2. The second-order valence-corrected chi connectivity index (χ2v) is 6.95. The Balaban J connectivity index is 1.73. The van der Waals surface area contributed by atoms with Gasteiger partial charge in [-0.3, -0.25) is 9.69 Å². The minimum Gasteiger partial charge on any atom is -0.378 e. The van der Waals surface area contributed by atoms with Crippen molar-refractivity contribution in [3.8, 4) is 0 Å². The van der Waals surface area contributed by atoms with Crippen molar-refractivity contribution in [1.29, 1.82) is 0 Å². The molecule has 0 N–H and O–H groups in total. The Morgan fingerprint density at radius 2 is 1.96 bits per heavy atom. The number of amides is 1. The van der Waals surface area contributed by atoms with Crippen LogP contribution in [0.2, 0.25) is 0 Å². The number of benzene rings is 1. The number of hydrogen-bond donors (Lipinski definition) is 0. The first-order valence-electron chi connectivity index (χ1n) is 7.48. The second-order valence-electron chi connectivity index (χ2n) is 5.27. The van der Waals surface area contributed by atoms with Gasteiger partial charge in [0.1, 0.15) is 4.32 Å². The Hall–Kier alpha value is -1.63. The SMILES string of the molecule is C=CCN1C(=O)/C(=C\c2ccc(N3CCOCC3)cc2)SC1=S. The summed E-state index contributed by atoms with van der Waals surface area (Å²) in [6, 6.07) is 8.24. The van der Waals surface area contributed by atoms with Gasteiger partial charge in [-0.2, -0.15) is 0 Å². The summed E-state index contributed by atoms with van der Waals surface area (Å²) in [6.45, 7) is 7.49. The molecule has 1 aromatic carbocycles. The van der Waals surface area contributed by atoms with Gasteiger partial charge in [0.25, 0.3) is 5.91 Å². The van der Waals surface area contributed by atoms with Crippen molar-refractivity contribution in [2.24, 2.45) is 0 Å². The zero-order chi connectivity index (χ0) is 16.2. The maximum Gasteiger partial charge on any atom is 0.266 e. The lowest BCUT2D eigenvalue weighted by Crippen LogP contribution is -2.36. The van der Waals surface area contributed by atoms with Crippen molar-refractivity contribution in [2.75, 3.05) is 37.7 Å². The van der Waals surface area contributed by atoms with E-state index >= 15 is 0 Å². The molecule has 6 heteroatoms. The molecule has 0 atom stereocenters. The topological polar surface area (TPSA) is 32.8 Å². The highest BCUT2D eigenvalue weighted by molar-refractivity contribution is 8.26. The summed E-state index contributed by atoms with van der Waals surface area (Å²) in [5.41, 5.74) is 2.19. The van der Waals surface area contributed by atoms with Crippen LogP contribution in [0.3, 0.4) is 0 Å². The van der Waals surface area contributed by atoms with Gasteiger partial charge < -0.3 is 9.64 Å². The van der Waals surface area contributed by atoms with Gasteiger partial charge in [-0.15, -0.1) is 6.58 Å². The summed E-state index contributed by atoms with van der Waals surface area (Å²) in [5, 5.41) is 0. The van der Waals surface area contributed by atoms with Crippen LogP contribution in [0, 0.1) is 0 Å². The van der Waals surface area contributed by atoms with Crippen LogP contribution in [-0.4, -0.2) is 48.0 Å². The van der Waals surface area contributed by atoms with Crippen LogP contribution >= 0.6 is 24.0 Å². The molecule has 1 amide bonds. The van der Waals surface area contributed by atoms with Crippen LogP contribution in [0.1, 0.15) is 5.56 Å². The Bertz CT molecular complexity index is 649. The molecular weight excluding hydrogens is 328 g/mol. The number of carbonyl (C=O) groups excluding carboxylic acids is 1. The Morgan fingerprint density at radius 3 is 2.61 bits per heavy atom. The van der Waals surface area contributed by atoms with Crippen LogP contribution < -0.4 is 4.90 Å². The number of thiocarbonyl (C=S) groups is 1. The van der Waals surface area contributed by atoms with Crippen molar-refractivity contribution in [3.63, 3.8) is 0 Å². The summed E-state index contributed by atoms with van der Waals surface area (Å²) in [5.74, 6) is -0.0443. The summed E-state index contributed by atoms with van der Waals surface area (Å²) in [7, 11) is 0. The largest absolute Gasteiger partial charge is 0.378 e. The number of nitrogens with zero attached hydrogens (tertiary/aromatic N) is 2. The predicted octanol–water partition coefficient (Wildman–Crippen LogP) is 2.91. The molecular formula is C17H18N2O2S2. The van der Waals surface area contributed by atoms with E-state index in [2.05, 4.69) is 23.6 Å². The first-order valence-corrected chi connectivity index (χ1v) is 8.70. The quantitative estimate of drug-likeness (QED) is 0.476. The van der Waals surface area contributed by atoms with Crippen LogP contribution in [0.15, 0.2) is 41.8 Å². The van der Waals surface area contributed by atoms with Crippen LogP contribution in [-0.2, 0) is 9.53 Å². The lowest BCUT2D eigenvalue weighted by atomic mass is 10.1. The summed E-state index contributed by atoms with van der Waals surface area (Å²) >= 11 is 6.59. The van der Waals surface area contributed by atoms with E-state index in [1.165, 1.54) is 17.4 Å². The highest BCUT2D eigenvalue weighted by atomic mass is 32.2. The number of anilines is 1. The molecule has 0 bridgehead atoms. The van der Waals surface area contributed by atoms with Crippen molar-refractivity contribution in [3.05, 3.63) is 47.4 Å². The number of carbonyl (C=O) groups is 1. The molecule has 3 rings (SSSR count). The van der Waals surface area contributed by atoms with Gasteiger partial charge in [-0.25, -0.2) is 0 Å². The van der Waals surface area contributed by atoms with E-state index in [4.69, 9.17) is 17.0 Å². The zero-order valence-corrected chi connectivity index (χ0v) is 14.4. The monoisotopic (exact) mass is 346 g/mol. The normalized spacial score (nSPS) is 20.4. The highest BCUT2D eigenvalue weighted by Gasteiger charge is 2.30. The van der Waals surface area contributed by atoms with Gasteiger partial charge in [0.05, 0.1) is 18.1 Å². The molecule has 2 aliphatic rings. The van der Waals surface area contributed by atoms with E-state index < -0.39 is 0 Å². The standard InChI is InChI=1S/C17H18N2O2S2/c1-2-7-19-16(20)15(23-17(19)22)12-13-3-5-14(6-4-13)18-8-10-21-11-9-18/h2-6,12H,1,7-11H2/b15-12+. The van der Waals surface area contributed by atoms with Gasteiger partial charge in [0.15, 0.2) is 0 Å². The molecule has 2 aliphatic heterocycles. The molecule has 2 fully saturated rings. The van der Waals surface area contributed by atoms with E-state index in [1.54, 1.807) is 11.0 Å². The number of ether oxygens (including phenoxy) is 1. The van der Waals surface area contributed by atoms with Crippen molar-refractivity contribution < 1.29 is 9.53 Å². The van der Waals surface area contributed by atoms with Crippen LogP contribution in [0.5, 0.6) is 0 Å². The molecule has 2 saturated heterocycles. The summed E-state index contributed by atoms with van der Waals surface area (Å²) in [6.07, 6.45) is 3.58. The Morgan fingerprint density at radius 1 is 1.26 bits per heavy atom. The molecule has 0 spiro atoms. The van der Waals surface area contributed by atoms with E-state index in [-0.39, 0.29) is 5.91 Å². The minimum absolute atomic E-state index is 0.0443. The maximum absolute atomic E-state index is 12.3. The number of rotatable bonds is 4. The van der Waals surface area contributed by atoms with Crippen LogP contribution in [0.4, 0.5) is 5.69 Å². The molecule has 0 saturated carbocycles. The fourth-order valence-electron chi connectivity index (χ4n) is 2.54. The van der Waals surface area contributed by atoms with Crippen molar-refractivity contribution >= 4 is 46.0 Å². The molecule has 2 heterocycles. The van der Waals surface area contributed by atoms with E-state index in [9.17, 15) is 4.79 Å². The van der Waals surface area contributed by atoms with Gasteiger partial charge in [-0.05, 0) is 23.8 Å². The molecule has 0 unspecified atom stereocenters. The fourth-order valence-corrected chi connectivity index (χ4v) is 3.82. The van der Waals surface area contributed by atoms with Crippen LogP contribution in [0.25, 0.3) is 6.08 Å². The molecule has 0 radical (unpaired) electrons. The fraction of sp³-hybridized carbons (Fsp3) is 0.294. The number of hydrogen-bond acceptors (Lipinski definition) is 5. The molecule has 23 heavy (non-hydrogen) atoms. The lowest BCUT2D eigenvalue weighted by molar-refractivity contribution is -0.121. The molecule has 120 valence electrons. The number of thioether (sulfide) groups is 1. The van der Waals surface area contributed by atoms with Gasteiger partial charge in [-0.1, -0.05) is 42.2 Å². The average Bonchev–Trinajstić information content (AvgIpc) is 2.84. The average molecular weight is 346 g/mol. The maximum atomic E-state index is 12.3. The van der Waals surface area contributed by atoms with E-state index in [0.717, 1.165) is 31.9 Å². The summed E-state index contributed by atoms with van der Waals surface area (Å²) in [4.78, 5) is 16.8. The summed E-state index contributed by atoms with van der Waals surface area (Å²) < 4.78 is 5.96.